The van der Waals surface area contributed by atoms with E-state index >= 15 is 0 Å². The minimum atomic E-state index is -4.18. The lowest BCUT2D eigenvalue weighted by molar-refractivity contribution is 0.0691. The van der Waals surface area contributed by atoms with Crippen LogP contribution in [-0.4, -0.2) is 48.1 Å². The van der Waals surface area contributed by atoms with Crippen molar-refractivity contribution in [3.8, 4) is 0 Å². The lowest BCUT2D eigenvalue weighted by atomic mass is 10.2. The lowest BCUT2D eigenvalue weighted by Crippen LogP contribution is -2.30. The first-order chi connectivity index (χ1) is 9.23. The van der Waals surface area contributed by atoms with Crippen molar-refractivity contribution in [2.75, 3.05) is 13.1 Å². The van der Waals surface area contributed by atoms with Gasteiger partial charge in [0.15, 0.2) is 5.82 Å². The standard InChI is InChI=1S/C11H11BrFNO5S/c12-6-3-8(11(16)17)10(13)9(4-6)20(18,19)14-2-1-7(15)5-14/h3-4,7,15H,1-2,5H2,(H,16,17). The molecular formula is C11H11BrFNO5S. The fourth-order valence-corrected chi connectivity index (χ4v) is 4.19. The number of nitrogens with zero attached hydrogens (tertiary/aromatic N) is 1. The van der Waals surface area contributed by atoms with Gasteiger partial charge in [0.2, 0.25) is 10.0 Å². The van der Waals surface area contributed by atoms with Crippen LogP contribution in [0.15, 0.2) is 21.5 Å². The highest BCUT2D eigenvalue weighted by molar-refractivity contribution is 9.10. The van der Waals surface area contributed by atoms with Crippen molar-refractivity contribution >= 4 is 31.9 Å². The number of hydrogen-bond donors (Lipinski definition) is 2. The van der Waals surface area contributed by atoms with E-state index in [2.05, 4.69) is 15.9 Å². The third kappa shape index (κ3) is 2.71. The van der Waals surface area contributed by atoms with E-state index in [1.165, 1.54) is 0 Å². The molecule has 2 N–H and O–H groups in total. The van der Waals surface area contributed by atoms with Gasteiger partial charge in [-0.25, -0.2) is 17.6 Å². The molecule has 1 saturated heterocycles. The largest absolute Gasteiger partial charge is 0.478 e. The van der Waals surface area contributed by atoms with Crippen LogP contribution in [0.3, 0.4) is 0 Å². The molecule has 2 rings (SSSR count). The lowest BCUT2D eigenvalue weighted by Gasteiger charge is -2.17. The van der Waals surface area contributed by atoms with Crippen molar-refractivity contribution in [1.29, 1.82) is 0 Å². The second kappa shape index (κ2) is 5.40. The van der Waals surface area contributed by atoms with Crippen LogP contribution in [0.4, 0.5) is 4.39 Å². The van der Waals surface area contributed by atoms with Gasteiger partial charge in [-0.3, -0.25) is 0 Å². The van der Waals surface area contributed by atoms with Crippen LogP contribution in [0.5, 0.6) is 0 Å². The van der Waals surface area contributed by atoms with Crippen molar-refractivity contribution in [2.24, 2.45) is 0 Å². The van der Waals surface area contributed by atoms with E-state index in [0.29, 0.717) is 0 Å². The summed E-state index contributed by atoms with van der Waals surface area (Å²) in [4.78, 5) is 10.2. The van der Waals surface area contributed by atoms with Gasteiger partial charge >= 0.3 is 5.97 Å². The van der Waals surface area contributed by atoms with Gasteiger partial charge in [0.25, 0.3) is 0 Å². The first kappa shape index (κ1) is 15.4. The molecule has 1 aromatic carbocycles. The highest BCUT2D eigenvalue weighted by Gasteiger charge is 2.35. The van der Waals surface area contributed by atoms with E-state index in [0.717, 1.165) is 16.4 Å². The smallest absolute Gasteiger partial charge is 0.338 e. The molecular weight excluding hydrogens is 357 g/mol. The van der Waals surface area contributed by atoms with Crippen LogP contribution in [0, 0.1) is 5.82 Å². The molecule has 1 atom stereocenters. The fourth-order valence-electron chi connectivity index (χ4n) is 1.98. The third-order valence-corrected chi connectivity index (χ3v) is 5.30. The van der Waals surface area contributed by atoms with Crippen LogP contribution in [-0.2, 0) is 10.0 Å². The molecule has 110 valence electrons. The minimum Gasteiger partial charge on any atom is -0.478 e. The Morgan fingerprint density at radius 1 is 1.45 bits per heavy atom. The number of aliphatic hydroxyl groups excluding tert-OH is 1. The number of aliphatic hydroxyl groups is 1. The Morgan fingerprint density at radius 3 is 2.60 bits per heavy atom. The highest BCUT2D eigenvalue weighted by Crippen LogP contribution is 2.28. The molecule has 1 fully saturated rings. The number of carbonyl (C=O) groups is 1. The first-order valence-electron chi connectivity index (χ1n) is 5.64. The van der Waals surface area contributed by atoms with E-state index in [-0.39, 0.29) is 24.0 Å². The molecule has 1 aliphatic heterocycles. The zero-order valence-corrected chi connectivity index (χ0v) is 12.5. The monoisotopic (exact) mass is 367 g/mol. The Labute approximate surface area is 123 Å². The number of β-amino-alcohol motifs (C(OH)–C–C–N with tert-alkyl or cyclic N) is 1. The topological polar surface area (TPSA) is 94.9 Å². The maximum absolute atomic E-state index is 14.1. The Morgan fingerprint density at radius 2 is 2.10 bits per heavy atom. The van der Waals surface area contributed by atoms with Gasteiger partial charge in [-0.15, -0.1) is 0 Å². The number of halogens is 2. The average molecular weight is 368 g/mol. The van der Waals surface area contributed by atoms with Gasteiger partial charge < -0.3 is 10.2 Å². The van der Waals surface area contributed by atoms with E-state index in [4.69, 9.17) is 5.11 Å². The Bertz CT molecular complexity index is 663. The van der Waals surface area contributed by atoms with Crippen LogP contribution >= 0.6 is 15.9 Å². The van der Waals surface area contributed by atoms with Crippen molar-refractivity contribution in [3.63, 3.8) is 0 Å². The number of rotatable bonds is 3. The zero-order chi connectivity index (χ0) is 15.1. The molecule has 0 spiro atoms. The van der Waals surface area contributed by atoms with Gasteiger partial charge in [0.1, 0.15) is 4.90 Å². The number of hydrogen-bond acceptors (Lipinski definition) is 4. The summed E-state index contributed by atoms with van der Waals surface area (Å²) in [6.07, 6.45) is -0.528. The van der Waals surface area contributed by atoms with E-state index in [1.807, 2.05) is 0 Å². The molecule has 1 heterocycles. The average Bonchev–Trinajstić information content (AvgIpc) is 2.78. The van der Waals surface area contributed by atoms with Crippen LogP contribution in [0.2, 0.25) is 0 Å². The maximum Gasteiger partial charge on any atom is 0.338 e. The molecule has 0 bridgehead atoms. The molecule has 0 saturated carbocycles. The van der Waals surface area contributed by atoms with Gasteiger partial charge in [-0.1, -0.05) is 15.9 Å². The minimum absolute atomic E-state index is 0.0673. The normalized spacial score (nSPS) is 20.2. The summed E-state index contributed by atoms with van der Waals surface area (Å²) in [7, 11) is -4.18. The molecule has 1 aromatic rings. The quantitative estimate of drug-likeness (QED) is 0.832. The Hall–Kier alpha value is -1.03. The second-order valence-corrected chi connectivity index (χ2v) is 7.20. The Balaban J connectivity index is 2.55. The van der Waals surface area contributed by atoms with Gasteiger partial charge in [0.05, 0.1) is 11.7 Å². The van der Waals surface area contributed by atoms with E-state index < -0.39 is 38.4 Å². The van der Waals surface area contributed by atoms with Crippen molar-refractivity contribution in [3.05, 3.63) is 28.0 Å². The summed E-state index contributed by atoms with van der Waals surface area (Å²) in [5, 5.41) is 18.3. The van der Waals surface area contributed by atoms with Crippen LogP contribution < -0.4 is 0 Å². The fraction of sp³-hybridized carbons (Fsp3) is 0.364. The second-order valence-electron chi connectivity index (χ2n) is 4.38. The summed E-state index contributed by atoms with van der Waals surface area (Å²) in [6, 6.07) is 2.01. The number of carboxylic acids is 1. The summed E-state index contributed by atoms with van der Waals surface area (Å²) in [5.74, 6) is -2.86. The molecule has 0 radical (unpaired) electrons. The summed E-state index contributed by atoms with van der Waals surface area (Å²) < 4.78 is 39.7. The molecule has 0 amide bonds. The predicted molar refractivity (Wildman–Crippen MR) is 70.4 cm³/mol. The van der Waals surface area contributed by atoms with Gasteiger partial charge in [0, 0.05) is 17.6 Å². The van der Waals surface area contributed by atoms with Crippen LogP contribution in [0.25, 0.3) is 0 Å². The molecule has 20 heavy (non-hydrogen) atoms. The highest BCUT2D eigenvalue weighted by atomic mass is 79.9. The molecule has 1 unspecified atom stereocenters. The summed E-state index contributed by atoms with van der Waals surface area (Å²) >= 11 is 2.97. The SMILES string of the molecule is O=C(O)c1cc(Br)cc(S(=O)(=O)N2CCC(O)C2)c1F. The zero-order valence-electron chi connectivity index (χ0n) is 10.1. The van der Waals surface area contributed by atoms with E-state index in [1.54, 1.807) is 0 Å². The third-order valence-electron chi connectivity index (χ3n) is 2.98. The van der Waals surface area contributed by atoms with E-state index in [9.17, 15) is 22.7 Å². The van der Waals surface area contributed by atoms with Crippen molar-refractivity contribution < 1.29 is 27.8 Å². The molecule has 0 aliphatic carbocycles. The van der Waals surface area contributed by atoms with Crippen molar-refractivity contribution in [2.45, 2.75) is 17.4 Å². The van der Waals surface area contributed by atoms with Crippen LogP contribution in [0.1, 0.15) is 16.8 Å². The molecule has 6 nitrogen and oxygen atoms in total. The number of sulfonamides is 1. The molecule has 9 heteroatoms. The van der Waals surface area contributed by atoms with Gasteiger partial charge in [-0.05, 0) is 18.6 Å². The Kier molecular flexibility index (Phi) is 4.14. The predicted octanol–water partition coefficient (Wildman–Crippen LogP) is 1.04. The number of benzene rings is 1. The summed E-state index contributed by atoms with van der Waals surface area (Å²) in [5.41, 5.74) is -0.724. The number of aromatic carboxylic acids is 1. The number of carboxylic acid groups (broad SMARTS) is 1. The molecule has 0 aromatic heterocycles. The maximum atomic E-state index is 14.1. The summed E-state index contributed by atoms with van der Waals surface area (Å²) in [6.45, 7) is -0.0610. The first-order valence-corrected chi connectivity index (χ1v) is 7.87. The molecule has 1 aliphatic rings. The van der Waals surface area contributed by atoms with Gasteiger partial charge in [-0.2, -0.15) is 4.31 Å². The van der Waals surface area contributed by atoms with Crippen molar-refractivity contribution in [1.82, 2.24) is 4.31 Å².